The van der Waals surface area contributed by atoms with Crippen LogP contribution in [0.25, 0.3) is 0 Å². The van der Waals surface area contributed by atoms with Crippen LogP contribution in [0.5, 0.6) is 0 Å². The van der Waals surface area contributed by atoms with Gasteiger partial charge >= 0.3 is 0 Å². The van der Waals surface area contributed by atoms with Crippen molar-refractivity contribution < 1.29 is 0 Å². The van der Waals surface area contributed by atoms with Gasteiger partial charge in [0, 0.05) is 10.7 Å². The molecule has 1 N–H and O–H groups in total. The molecule has 0 aromatic heterocycles. The maximum Gasteiger partial charge on any atom is 0.0991 e. The van der Waals surface area contributed by atoms with E-state index in [4.69, 9.17) is 16.9 Å². The number of anilines is 1. The number of nitriles is 1. The van der Waals surface area contributed by atoms with Crippen LogP contribution in [0.4, 0.5) is 5.69 Å². The molecule has 2 nitrogen and oxygen atoms in total. The molecular formula is C15H11ClN2. The van der Waals surface area contributed by atoms with E-state index in [1.165, 1.54) is 11.1 Å². The highest BCUT2D eigenvalue weighted by atomic mass is 35.5. The average Bonchev–Trinajstić information content (AvgIpc) is 2.82. The molecule has 1 heterocycles. The molecule has 0 radical (unpaired) electrons. The Bertz CT molecular complexity index is 626. The standard InChI is InChI=1S/C15H11ClN2/c16-13-4-2-11(3-5-13)15-8-12-7-10(9-17)1-6-14(12)18-15/h1-7,15,18H,8H2. The lowest BCUT2D eigenvalue weighted by molar-refractivity contribution is 0.824. The molecule has 0 aliphatic carbocycles. The van der Waals surface area contributed by atoms with E-state index < -0.39 is 0 Å². The van der Waals surface area contributed by atoms with Crippen LogP contribution < -0.4 is 5.32 Å². The SMILES string of the molecule is N#Cc1ccc2c(c1)CC(c1ccc(Cl)cc1)N2. The summed E-state index contributed by atoms with van der Waals surface area (Å²) in [6.45, 7) is 0. The van der Waals surface area contributed by atoms with Gasteiger partial charge in [-0.05, 0) is 47.9 Å². The lowest BCUT2D eigenvalue weighted by Gasteiger charge is -2.11. The van der Waals surface area contributed by atoms with Gasteiger partial charge in [0.2, 0.25) is 0 Å². The summed E-state index contributed by atoms with van der Waals surface area (Å²) >= 11 is 5.89. The van der Waals surface area contributed by atoms with Crippen LogP contribution in [0.15, 0.2) is 42.5 Å². The molecule has 2 aromatic rings. The summed E-state index contributed by atoms with van der Waals surface area (Å²) in [5.41, 5.74) is 4.25. The molecule has 88 valence electrons. The highest BCUT2D eigenvalue weighted by molar-refractivity contribution is 6.30. The van der Waals surface area contributed by atoms with E-state index in [1.54, 1.807) is 0 Å². The summed E-state index contributed by atoms with van der Waals surface area (Å²) in [6.07, 6.45) is 0.909. The summed E-state index contributed by atoms with van der Waals surface area (Å²) in [4.78, 5) is 0. The predicted octanol–water partition coefficient (Wildman–Crippen LogP) is 3.92. The number of benzene rings is 2. The van der Waals surface area contributed by atoms with Gasteiger partial charge in [-0.25, -0.2) is 0 Å². The van der Waals surface area contributed by atoms with Gasteiger partial charge < -0.3 is 5.32 Å². The van der Waals surface area contributed by atoms with Gasteiger partial charge in [-0.1, -0.05) is 23.7 Å². The lowest BCUT2D eigenvalue weighted by Crippen LogP contribution is -2.04. The largest absolute Gasteiger partial charge is 0.378 e. The molecule has 0 amide bonds. The predicted molar refractivity (Wildman–Crippen MR) is 72.7 cm³/mol. The molecule has 1 aliphatic rings. The first-order chi connectivity index (χ1) is 8.76. The molecule has 0 saturated heterocycles. The fourth-order valence-electron chi connectivity index (χ4n) is 2.33. The van der Waals surface area contributed by atoms with Crippen molar-refractivity contribution in [3.05, 3.63) is 64.2 Å². The van der Waals surface area contributed by atoms with Gasteiger partial charge in [0.1, 0.15) is 0 Å². The number of rotatable bonds is 1. The van der Waals surface area contributed by atoms with Crippen molar-refractivity contribution in [3.63, 3.8) is 0 Å². The minimum atomic E-state index is 0.270. The Morgan fingerprint density at radius 2 is 1.94 bits per heavy atom. The fourth-order valence-corrected chi connectivity index (χ4v) is 2.45. The molecule has 0 saturated carbocycles. The lowest BCUT2D eigenvalue weighted by atomic mass is 10.0. The van der Waals surface area contributed by atoms with Crippen molar-refractivity contribution in [3.8, 4) is 6.07 Å². The Balaban J connectivity index is 1.89. The van der Waals surface area contributed by atoms with Gasteiger partial charge in [0.15, 0.2) is 0 Å². The second kappa shape index (κ2) is 4.36. The van der Waals surface area contributed by atoms with Crippen molar-refractivity contribution in [2.45, 2.75) is 12.5 Å². The van der Waals surface area contributed by atoms with Crippen molar-refractivity contribution in [2.75, 3.05) is 5.32 Å². The molecule has 0 spiro atoms. The maximum atomic E-state index is 8.90. The van der Waals surface area contributed by atoms with E-state index in [9.17, 15) is 0 Å². The van der Waals surface area contributed by atoms with Crippen LogP contribution in [-0.4, -0.2) is 0 Å². The summed E-state index contributed by atoms with van der Waals surface area (Å²) in [5.74, 6) is 0. The first kappa shape index (κ1) is 11.1. The third kappa shape index (κ3) is 1.94. The zero-order valence-electron chi connectivity index (χ0n) is 9.65. The third-order valence-corrected chi connectivity index (χ3v) is 3.51. The summed E-state index contributed by atoms with van der Waals surface area (Å²) in [6, 6.07) is 16.1. The Labute approximate surface area is 111 Å². The van der Waals surface area contributed by atoms with Crippen molar-refractivity contribution >= 4 is 17.3 Å². The van der Waals surface area contributed by atoms with Gasteiger partial charge in [-0.15, -0.1) is 0 Å². The van der Waals surface area contributed by atoms with Crippen LogP contribution in [0.1, 0.15) is 22.7 Å². The summed E-state index contributed by atoms with van der Waals surface area (Å²) in [5, 5.41) is 13.1. The first-order valence-electron chi connectivity index (χ1n) is 5.81. The number of halogens is 1. The quantitative estimate of drug-likeness (QED) is 0.837. The van der Waals surface area contributed by atoms with Crippen LogP contribution in [0.3, 0.4) is 0 Å². The van der Waals surface area contributed by atoms with Crippen LogP contribution >= 0.6 is 11.6 Å². The second-order valence-electron chi connectivity index (χ2n) is 4.44. The Morgan fingerprint density at radius 3 is 2.67 bits per heavy atom. The number of nitrogens with zero attached hydrogens (tertiary/aromatic N) is 1. The molecule has 0 bridgehead atoms. The topological polar surface area (TPSA) is 35.8 Å². The molecular weight excluding hydrogens is 244 g/mol. The third-order valence-electron chi connectivity index (χ3n) is 3.26. The fraction of sp³-hybridized carbons (Fsp3) is 0.133. The van der Waals surface area contributed by atoms with E-state index in [-0.39, 0.29) is 6.04 Å². The summed E-state index contributed by atoms with van der Waals surface area (Å²) in [7, 11) is 0. The smallest absolute Gasteiger partial charge is 0.0991 e. The van der Waals surface area contributed by atoms with E-state index in [0.29, 0.717) is 5.56 Å². The molecule has 3 rings (SSSR count). The number of nitrogens with one attached hydrogen (secondary N) is 1. The number of hydrogen-bond donors (Lipinski definition) is 1. The Kier molecular flexibility index (Phi) is 2.70. The molecule has 1 atom stereocenters. The zero-order valence-corrected chi connectivity index (χ0v) is 10.4. The minimum absolute atomic E-state index is 0.270. The van der Waals surface area contributed by atoms with Crippen molar-refractivity contribution in [1.29, 1.82) is 5.26 Å². The molecule has 0 fully saturated rings. The highest BCUT2D eigenvalue weighted by Gasteiger charge is 2.21. The van der Waals surface area contributed by atoms with E-state index >= 15 is 0 Å². The van der Waals surface area contributed by atoms with E-state index in [1.807, 2.05) is 42.5 Å². The normalized spacial score (nSPS) is 16.8. The van der Waals surface area contributed by atoms with Gasteiger partial charge in [-0.3, -0.25) is 0 Å². The van der Waals surface area contributed by atoms with Crippen molar-refractivity contribution in [2.24, 2.45) is 0 Å². The number of fused-ring (bicyclic) bond motifs is 1. The second-order valence-corrected chi connectivity index (χ2v) is 4.87. The minimum Gasteiger partial charge on any atom is -0.378 e. The highest BCUT2D eigenvalue weighted by Crippen LogP contribution is 2.34. The molecule has 1 aliphatic heterocycles. The Morgan fingerprint density at radius 1 is 1.17 bits per heavy atom. The maximum absolute atomic E-state index is 8.90. The zero-order chi connectivity index (χ0) is 12.5. The van der Waals surface area contributed by atoms with Crippen LogP contribution in [-0.2, 0) is 6.42 Å². The number of hydrogen-bond acceptors (Lipinski definition) is 2. The molecule has 2 aromatic carbocycles. The van der Waals surface area contributed by atoms with Gasteiger partial charge in [0.25, 0.3) is 0 Å². The van der Waals surface area contributed by atoms with Crippen LogP contribution in [0, 0.1) is 11.3 Å². The Hall–Kier alpha value is -1.98. The van der Waals surface area contributed by atoms with E-state index in [0.717, 1.165) is 17.1 Å². The van der Waals surface area contributed by atoms with Crippen molar-refractivity contribution in [1.82, 2.24) is 0 Å². The summed E-state index contributed by atoms with van der Waals surface area (Å²) < 4.78 is 0. The van der Waals surface area contributed by atoms with Crippen LogP contribution in [0.2, 0.25) is 5.02 Å². The van der Waals surface area contributed by atoms with Gasteiger partial charge in [-0.2, -0.15) is 5.26 Å². The van der Waals surface area contributed by atoms with Gasteiger partial charge in [0.05, 0.1) is 17.7 Å². The monoisotopic (exact) mass is 254 g/mol. The first-order valence-corrected chi connectivity index (χ1v) is 6.19. The average molecular weight is 255 g/mol. The molecule has 3 heteroatoms. The molecule has 1 unspecified atom stereocenters. The molecule has 18 heavy (non-hydrogen) atoms. The van der Waals surface area contributed by atoms with E-state index in [2.05, 4.69) is 11.4 Å².